The number of rotatable bonds is 7. The Morgan fingerprint density at radius 2 is 2.00 bits per heavy atom. The molecular formula is C22H17ClN2O6S2. The molecule has 11 heteroatoms. The number of carboxylic acids is 2. The highest BCUT2D eigenvalue weighted by Gasteiger charge is 2.29. The number of carbonyl (C=O) groups is 2. The minimum Gasteiger partial charge on any atom is -0.550 e. The summed E-state index contributed by atoms with van der Waals surface area (Å²) in [6.07, 6.45) is 1.77. The Labute approximate surface area is 201 Å². The van der Waals surface area contributed by atoms with Crippen molar-refractivity contribution < 1.29 is 33.8 Å². The van der Waals surface area contributed by atoms with Crippen LogP contribution < -0.4 is 24.0 Å². The molecule has 0 atom stereocenters. The molecule has 33 heavy (non-hydrogen) atoms. The number of halogens is 1. The minimum atomic E-state index is -1.14. The Hall–Kier alpha value is -2.95. The van der Waals surface area contributed by atoms with Crippen molar-refractivity contribution in [1.29, 1.82) is 0 Å². The zero-order valence-electron chi connectivity index (χ0n) is 17.1. The van der Waals surface area contributed by atoms with Crippen molar-refractivity contribution in [1.82, 2.24) is 0 Å². The smallest absolute Gasteiger partial charge is 0.305 e. The topological polar surface area (TPSA) is 103 Å². The first-order valence-electron chi connectivity index (χ1n) is 10.0. The number of aryl methyl sites for hydroxylation is 1. The lowest BCUT2D eigenvalue weighted by atomic mass is 10.2. The minimum absolute atomic E-state index is 0.0393. The number of nitrogens with zero attached hydrogens (tertiary/aromatic N) is 2. The Morgan fingerprint density at radius 3 is 2.76 bits per heavy atom. The van der Waals surface area contributed by atoms with Crippen molar-refractivity contribution in [2.24, 2.45) is 0 Å². The summed E-state index contributed by atoms with van der Waals surface area (Å²) in [4.78, 5) is 25.3. The fraction of sp³-hybridized carbons (Fsp3) is 0.227. The molecular weight excluding hydrogens is 488 g/mol. The maximum atomic E-state index is 11.3. The predicted octanol–water partition coefficient (Wildman–Crippen LogP) is 3.10. The van der Waals surface area contributed by atoms with Crippen LogP contribution >= 0.6 is 34.7 Å². The van der Waals surface area contributed by atoms with Gasteiger partial charge in [-0.05, 0) is 18.2 Å². The molecule has 5 rings (SSSR count). The molecule has 8 nitrogen and oxygen atoms in total. The molecule has 3 heterocycles. The van der Waals surface area contributed by atoms with E-state index in [1.54, 1.807) is 6.07 Å². The molecule has 0 aliphatic carbocycles. The standard InChI is InChI=1S/C22H17ClN2O6S2/c23-12-1-2-17-13(7-12)24(5-3-21(26)27)19(32-17)10-20-25(6-4-22(28)29)14-8-15-16(31-11-30-15)9-18(14)33-20/h1-2,7-10H,3-6,11H2,(H-,26,27,28,29). The number of anilines is 1. The fourth-order valence-corrected chi connectivity index (χ4v) is 6.24. The molecule has 2 aromatic carbocycles. The Morgan fingerprint density at radius 1 is 1.21 bits per heavy atom. The Kier molecular flexibility index (Phi) is 5.81. The van der Waals surface area contributed by atoms with Gasteiger partial charge >= 0.3 is 5.97 Å². The molecule has 1 aromatic heterocycles. The number of thiazole rings is 1. The van der Waals surface area contributed by atoms with Crippen LogP contribution in [-0.4, -0.2) is 30.4 Å². The first kappa shape index (κ1) is 21.9. The third-order valence-electron chi connectivity index (χ3n) is 5.25. The van der Waals surface area contributed by atoms with Gasteiger partial charge in [-0.15, -0.1) is 0 Å². The third kappa shape index (κ3) is 4.33. The number of hydrogen-bond donors (Lipinski definition) is 1. The van der Waals surface area contributed by atoms with Crippen molar-refractivity contribution in [3.05, 3.63) is 45.4 Å². The highest BCUT2D eigenvalue weighted by Crippen LogP contribution is 2.48. The summed E-state index contributed by atoms with van der Waals surface area (Å²) in [6.45, 7) is 0.652. The summed E-state index contributed by atoms with van der Waals surface area (Å²) in [5.74, 6) is -0.769. The van der Waals surface area contributed by atoms with E-state index in [2.05, 4.69) is 0 Å². The highest BCUT2D eigenvalue weighted by molar-refractivity contribution is 8.03. The average Bonchev–Trinajstić information content (AvgIpc) is 3.44. The zero-order valence-corrected chi connectivity index (χ0v) is 19.5. The van der Waals surface area contributed by atoms with Gasteiger partial charge in [-0.2, -0.15) is 4.57 Å². The molecule has 0 fully saturated rings. The Balaban J connectivity index is 1.59. The monoisotopic (exact) mass is 504 g/mol. The van der Waals surface area contributed by atoms with Gasteiger partial charge in [-0.1, -0.05) is 34.7 Å². The fourth-order valence-electron chi connectivity index (χ4n) is 3.76. The van der Waals surface area contributed by atoms with Crippen LogP contribution in [0, 0.1) is 0 Å². The van der Waals surface area contributed by atoms with E-state index in [4.69, 9.17) is 21.1 Å². The van der Waals surface area contributed by atoms with E-state index in [0.29, 0.717) is 16.5 Å². The van der Waals surface area contributed by atoms with Crippen LogP contribution in [0.4, 0.5) is 5.69 Å². The summed E-state index contributed by atoms with van der Waals surface area (Å²) in [7, 11) is 0. The molecule has 2 aliphatic heterocycles. The van der Waals surface area contributed by atoms with E-state index in [1.165, 1.54) is 23.1 Å². The SMILES string of the molecule is O=C([O-])CC[n+]1c(C=C2Sc3ccc(Cl)cc3N2CCC(=O)O)sc2cc3c(cc21)OCO3. The van der Waals surface area contributed by atoms with Crippen LogP contribution in [0.1, 0.15) is 17.8 Å². The van der Waals surface area contributed by atoms with Gasteiger partial charge in [0, 0.05) is 34.9 Å². The number of fused-ring (bicyclic) bond motifs is 3. The average molecular weight is 505 g/mol. The largest absolute Gasteiger partial charge is 0.550 e. The van der Waals surface area contributed by atoms with Gasteiger partial charge in [0.05, 0.1) is 29.3 Å². The predicted molar refractivity (Wildman–Crippen MR) is 123 cm³/mol. The second-order valence-electron chi connectivity index (χ2n) is 7.38. The molecule has 0 bridgehead atoms. The van der Waals surface area contributed by atoms with Crippen molar-refractivity contribution in [2.75, 3.05) is 18.2 Å². The van der Waals surface area contributed by atoms with E-state index in [0.717, 1.165) is 30.8 Å². The molecule has 0 saturated heterocycles. The number of carboxylic acid groups (broad SMARTS) is 2. The van der Waals surface area contributed by atoms with Crippen LogP contribution in [0.5, 0.6) is 11.5 Å². The molecule has 0 spiro atoms. The molecule has 0 radical (unpaired) electrons. The number of aliphatic carboxylic acids is 2. The van der Waals surface area contributed by atoms with E-state index < -0.39 is 11.9 Å². The van der Waals surface area contributed by atoms with E-state index in [-0.39, 0.29) is 32.7 Å². The lowest BCUT2D eigenvalue weighted by Gasteiger charge is -2.19. The maximum Gasteiger partial charge on any atom is 0.305 e. The Bertz CT molecular complexity index is 1320. The quantitative estimate of drug-likeness (QED) is 0.490. The number of thioether (sulfide) groups is 1. The van der Waals surface area contributed by atoms with Crippen molar-refractivity contribution in [3.63, 3.8) is 0 Å². The first-order valence-corrected chi connectivity index (χ1v) is 12.0. The molecule has 170 valence electrons. The van der Waals surface area contributed by atoms with Gasteiger partial charge in [0.25, 0.3) is 5.01 Å². The number of aromatic nitrogens is 1. The van der Waals surface area contributed by atoms with Crippen molar-refractivity contribution >= 4 is 68.6 Å². The summed E-state index contributed by atoms with van der Waals surface area (Å²) >= 11 is 9.21. The van der Waals surface area contributed by atoms with Crippen molar-refractivity contribution in [2.45, 2.75) is 24.3 Å². The molecule has 1 N–H and O–H groups in total. The number of ether oxygens (including phenoxy) is 2. The summed E-state index contributed by atoms with van der Waals surface area (Å²) in [5, 5.41) is 22.6. The lowest BCUT2D eigenvalue weighted by molar-refractivity contribution is -0.668. The number of carbonyl (C=O) groups excluding carboxylic acids is 1. The number of hydrogen-bond acceptors (Lipinski definition) is 8. The van der Waals surface area contributed by atoms with Crippen LogP contribution in [0.15, 0.2) is 40.3 Å². The van der Waals surface area contributed by atoms with Gasteiger partial charge in [-0.25, -0.2) is 0 Å². The van der Waals surface area contributed by atoms with E-state index >= 15 is 0 Å². The second kappa shape index (κ2) is 8.77. The third-order valence-corrected chi connectivity index (χ3v) is 7.70. The molecule has 0 unspecified atom stereocenters. The van der Waals surface area contributed by atoms with Crippen molar-refractivity contribution in [3.8, 4) is 11.5 Å². The van der Waals surface area contributed by atoms with Gasteiger partial charge in [0.1, 0.15) is 4.70 Å². The maximum absolute atomic E-state index is 11.3. The van der Waals surface area contributed by atoms with Gasteiger partial charge in [0.2, 0.25) is 12.3 Å². The lowest BCUT2D eigenvalue weighted by Crippen LogP contribution is -2.38. The van der Waals surface area contributed by atoms with Gasteiger partial charge in [0.15, 0.2) is 18.0 Å². The summed E-state index contributed by atoms with van der Waals surface area (Å²) < 4.78 is 13.8. The van der Waals surface area contributed by atoms with Gasteiger partial charge < -0.3 is 29.4 Å². The normalized spacial score (nSPS) is 15.4. The van der Waals surface area contributed by atoms with Crippen LogP contribution in [0.25, 0.3) is 16.3 Å². The highest BCUT2D eigenvalue weighted by atomic mass is 35.5. The van der Waals surface area contributed by atoms with E-state index in [9.17, 15) is 19.8 Å². The summed E-state index contributed by atoms with van der Waals surface area (Å²) in [6, 6.07) is 9.27. The molecule has 0 amide bonds. The van der Waals surface area contributed by atoms with Crippen LogP contribution in [-0.2, 0) is 16.1 Å². The molecule has 0 saturated carbocycles. The van der Waals surface area contributed by atoms with E-state index in [1.807, 2.05) is 39.8 Å². The zero-order chi connectivity index (χ0) is 23.1. The second-order valence-corrected chi connectivity index (χ2v) is 9.94. The first-order chi connectivity index (χ1) is 15.9. The van der Waals surface area contributed by atoms with Gasteiger partial charge in [-0.3, -0.25) is 4.79 Å². The number of benzene rings is 2. The van der Waals surface area contributed by atoms with Crippen LogP contribution in [0.3, 0.4) is 0 Å². The summed E-state index contributed by atoms with van der Waals surface area (Å²) in [5.41, 5.74) is 1.68. The molecule has 3 aromatic rings. The molecule has 2 aliphatic rings. The van der Waals surface area contributed by atoms with Crippen LogP contribution in [0.2, 0.25) is 5.02 Å².